The fraction of sp³-hybridized carbons (Fsp3) is 0.176. The van der Waals surface area contributed by atoms with Crippen molar-refractivity contribution in [2.24, 2.45) is 0 Å². The van der Waals surface area contributed by atoms with Crippen molar-refractivity contribution in [2.45, 2.75) is 12.5 Å². The molecule has 0 aliphatic carbocycles. The first-order valence-corrected chi connectivity index (χ1v) is 7.04. The number of aromatic hydroxyl groups is 1. The lowest BCUT2D eigenvalue weighted by atomic mass is 10.1. The van der Waals surface area contributed by atoms with Gasteiger partial charge in [0.05, 0.1) is 18.8 Å². The number of carbonyl (C=O) groups is 1. The number of aliphatic hydroxyl groups excluding tert-OH is 1. The quantitative estimate of drug-likeness (QED) is 0.708. The Labute approximate surface area is 133 Å². The van der Waals surface area contributed by atoms with E-state index in [1.807, 2.05) is 0 Å². The number of hydrogen-bond donors (Lipinski definition) is 3. The van der Waals surface area contributed by atoms with Crippen LogP contribution in [-0.4, -0.2) is 33.8 Å². The molecule has 5 nitrogen and oxygen atoms in total. The molecule has 0 saturated carbocycles. The minimum Gasteiger partial charge on any atom is -0.508 e. The third-order valence-corrected chi connectivity index (χ3v) is 3.14. The number of hydrogen-bond acceptors (Lipinski definition) is 4. The highest BCUT2D eigenvalue weighted by atomic mass is 19.1. The van der Waals surface area contributed by atoms with Gasteiger partial charge in [0.25, 0.3) is 0 Å². The van der Waals surface area contributed by atoms with E-state index in [4.69, 9.17) is 0 Å². The smallest absolute Gasteiger partial charge is 0.244 e. The first-order valence-electron chi connectivity index (χ1n) is 7.04. The van der Waals surface area contributed by atoms with Crippen molar-refractivity contribution < 1.29 is 19.4 Å². The lowest BCUT2D eigenvalue weighted by molar-refractivity contribution is -0.117. The van der Waals surface area contributed by atoms with E-state index in [2.05, 4.69) is 10.3 Å². The highest BCUT2D eigenvalue weighted by Crippen LogP contribution is 2.11. The Morgan fingerprint density at radius 1 is 1.30 bits per heavy atom. The first-order chi connectivity index (χ1) is 11.1. The molecule has 23 heavy (non-hydrogen) atoms. The van der Waals surface area contributed by atoms with Crippen LogP contribution in [0.5, 0.6) is 5.75 Å². The molecule has 0 radical (unpaired) electrons. The van der Waals surface area contributed by atoms with Crippen LogP contribution in [0.15, 0.2) is 48.8 Å². The number of phenolic OH excluding ortho intramolecular Hbond substituents is 1. The maximum Gasteiger partial charge on any atom is 0.244 e. The minimum absolute atomic E-state index is 0.157. The predicted molar refractivity (Wildman–Crippen MR) is 84.1 cm³/mol. The Hall–Kier alpha value is -2.73. The van der Waals surface area contributed by atoms with Gasteiger partial charge in [-0.1, -0.05) is 12.1 Å². The van der Waals surface area contributed by atoms with Gasteiger partial charge in [0.15, 0.2) is 0 Å². The number of aliphatic hydroxyl groups is 1. The van der Waals surface area contributed by atoms with Crippen molar-refractivity contribution in [3.8, 4) is 5.75 Å². The molecule has 0 aliphatic heterocycles. The maximum absolute atomic E-state index is 13.0. The fourth-order valence-corrected chi connectivity index (χ4v) is 2.02. The molecule has 2 rings (SSSR count). The van der Waals surface area contributed by atoms with E-state index < -0.39 is 17.8 Å². The van der Waals surface area contributed by atoms with Crippen LogP contribution >= 0.6 is 0 Å². The van der Waals surface area contributed by atoms with Crippen molar-refractivity contribution >= 4 is 12.0 Å². The number of halogens is 1. The SMILES string of the molecule is O=C(/C=C/c1cncc(F)c1)N[C@H](CO)Cc1ccc(O)cc1. The van der Waals surface area contributed by atoms with Gasteiger partial charge >= 0.3 is 0 Å². The Balaban J connectivity index is 1.92. The van der Waals surface area contributed by atoms with Crippen molar-refractivity contribution in [3.05, 3.63) is 65.7 Å². The molecule has 1 atom stereocenters. The monoisotopic (exact) mass is 316 g/mol. The number of aromatic nitrogens is 1. The summed E-state index contributed by atoms with van der Waals surface area (Å²) in [6.07, 6.45) is 5.65. The molecule has 2 aromatic rings. The van der Waals surface area contributed by atoms with Crippen LogP contribution in [0.1, 0.15) is 11.1 Å². The third kappa shape index (κ3) is 5.52. The molecule has 0 fully saturated rings. The van der Waals surface area contributed by atoms with E-state index in [9.17, 15) is 19.4 Å². The van der Waals surface area contributed by atoms with E-state index in [0.717, 1.165) is 11.8 Å². The summed E-state index contributed by atoms with van der Waals surface area (Å²) in [5.74, 6) is -0.717. The molecule has 120 valence electrons. The molecule has 1 heterocycles. The van der Waals surface area contributed by atoms with Gasteiger partial charge < -0.3 is 15.5 Å². The average Bonchev–Trinajstić information content (AvgIpc) is 2.54. The van der Waals surface area contributed by atoms with Crippen LogP contribution in [0.4, 0.5) is 4.39 Å². The summed E-state index contributed by atoms with van der Waals surface area (Å²) in [6, 6.07) is 7.33. The minimum atomic E-state index is -0.479. The summed E-state index contributed by atoms with van der Waals surface area (Å²) in [7, 11) is 0. The number of phenols is 1. The molecule has 6 heteroatoms. The topological polar surface area (TPSA) is 82.5 Å². The number of nitrogens with one attached hydrogen (secondary N) is 1. The summed E-state index contributed by atoms with van der Waals surface area (Å²) in [5, 5.41) is 21.3. The number of nitrogens with zero attached hydrogens (tertiary/aromatic N) is 1. The second-order valence-corrected chi connectivity index (χ2v) is 5.03. The molecule has 1 aromatic carbocycles. The Morgan fingerprint density at radius 3 is 2.70 bits per heavy atom. The van der Waals surface area contributed by atoms with Crippen molar-refractivity contribution in [3.63, 3.8) is 0 Å². The highest BCUT2D eigenvalue weighted by Gasteiger charge is 2.10. The van der Waals surface area contributed by atoms with Crippen LogP contribution < -0.4 is 5.32 Å². The zero-order valence-electron chi connectivity index (χ0n) is 12.3. The molecule has 0 unspecified atom stereocenters. The van der Waals surface area contributed by atoms with Crippen molar-refractivity contribution in [1.29, 1.82) is 0 Å². The highest BCUT2D eigenvalue weighted by molar-refractivity contribution is 5.91. The second-order valence-electron chi connectivity index (χ2n) is 5.03. The number of benzene rings is 1. The normalized spacial score (nSPS) is 12.3. The standard InChI is InChI=1S/C17H17FN2O3/c18-14-7-13(9-19-10-14)3-6-17(23)20-15(11-21)8-12-1-4-16(22)5-2-12/h1-7,9-10,15,21-22H,8,11H2,(H,20,23)/b6-3+/t15-/m0/s1. The molecule has 1 aromatic heterocycles. The second kappa shape index (κ2) is 8.05. The van der Waals surface area contributed by atoms with Gasteiger partial charge in [0.1, 0.15) is 11.6 Å². The lowest BCUT2D eigenvalue weighted by Crippen LogP contribution is -2.38. The summed E-state index contributed by atoms with van der Waals surface area (Å²) in [4.78, 5) is 15.5. The fourth-order valence-electron chi connectivity index (χ4n) is 2.02. The van der Waals surface area contributed by atoms with Gasteiger partial charge in [0, 0.05) is 12.3 Å². The van der Waals surface area contributed by atoms with Crippen molar-refractivity contribution in [2.75, 3.05) is 6.61 Å². The Morgan fingerprint density at radius 2 is 2.04 bits per heavy atom. The zero-order chi connectivity index (χ0) is 16.7. The number of rotatable bonds is 6. The molecule has 1 amide bonds. The van der Waals surface area contributed by atoms with Crippen LogP contribution in [0.25, 0.3) is 6.08 Å². The van der Waals surface area contributed by atoms with Gasteiger partial charge in [0.2, 0.25) is 5.91 Å². The lowest BCUT2D eigenvalue weighted by Gasteiger charge is -2.15. The number of carbonyl (C=O) groups excluding carboxylic acids is 1. The van der Waals surface area contributed by atoms with E-state index in [-0.39, 0.29) is 12.4 Å². The third-order valence-electron chi connectivity index (χ3n) is 3.14. The summed E-state index contributed by atoms with van der Waals surface area (Å²) in [5.41, 5.74) is 1.35. The number of pyridine rings is 1. The molecule has 0 spiro atoms. The Kier molecular flexibility index (Phi) is 5.82. The molecule has 0 saturated heterocycles. The average molecular weight is 316 g/mol. The zero-order valence-corrected chi connectivity index (χ0v) is 12.3. The molecule has 0 aliphatic rings. The van der Waals surface area contributed by atoms with E-state index in [1.165, 1.54) is 24.4 Å². The van der Waals surface area contributed by atoms with Crippen LogP contribution in [-0.2, 0) is 11.2 Å². The molecule has 0 bridgehead atoms. The van der Waals surface area contributed by atoms with Gasteiger partial charge in [-0.15, -0.1) is 0 Å². The molecular formula is C17H17FN2O3. The Bertz CT molecular complexity index is 686. The largest absolute Gasteiger partial charge is 0.508 e. The summed E-state index contributed by atoms with van der Waals surface area (Å²) >= 11 is 0. The first kappa shape index (κ1) is 16.6. The summed E-state index contributed by atoms with van der Waals surface area (Å²) in [6.45, 7) is -0.220. The van der Waals surface area contributed by atoms with E-state index in [0.29, 0.717) is 12.0 Å². The number of amides is 1. The van der Waals surface area contributed by atoms with E-state index >= 15 is 0 Å². The van der Waals surface area contributed by atoms with Gasteiger partial charge in [-0.25, -0.2) is 4.39 Å². The van der Waals surface area contributed by atoms with Gasteiger partial charge in [-0.3, -0.25) is 9.78 Å². The van der Waals surface area contributed by atoms with Crippen LogP contribution in [0.3, 0.4) is 0 Å². The van der Waals surface area contributed by atoms with Crippen LogP contribution in [0.2, 0.25) is 0 Å². The van der Waals surface area contributed by atoms with Crippen molar-refractivity contribution in [1.82, 2.24) is 10.3 Å². The van der Waals surface area contributed by atoms with E-state index in [1.54, 1.807) is 24.3 Å². The molecular weight excluding hydrogens is 299 g/mol. The van der Waals surface area contributed by atoms with Gasteiger partial charge in [-0.05, 0) is 41.8 Å². The van der Waals surface area contributed by atoms with Crippen LogP contribution in [0, 0.1) is 5.82 Å². The molecule has 3 N–H and O–H groups in total. The maximum atomic E-state index is 13.0. The van der Waals surface area contributed by atoms with Gasteiger partial charge in [-0.2, -0.15) is 0 Å². The predicted octanol–water partition coefficient (Wildman–Crippen LogP) is 1.66. The summed E-state index contributed by atoms with van der Waals surface area (Å²) < 4.78 is 13.0.